The molecule has 0 saturated carbocycles. The molecule has 1 aromatic carbocycles. The van der Waals surface area contributed by atoms with Gasteiger partial charge in [0.05, 0.1) is 10.7 Å². The molecule has 0 amide bonds. The van der Waals surface area contributed by atoms with Crippen molar-refractivity contribution in [3.8, 4) is 0 Å². The molecule has 1 aliphatic heterocycles. The average molecular weight is 240 g/mol. The summed E-state index contributed by atoms with van der Waals surface area (Å²) in [6, 6.07) is 4.61. The van der Waals surface area contributed by atoms with Crippen LogP contribution in [0.15, 0.2) is 28.4 Å². The maximum Gasteiger partial charge on any atom is 0.142 e. The molecule has 0 radical (unpaired) electrons. The van der Waals surface area contributed by atoms with Gasteiger partial charge in [-0.25, -0.2) is 4.39 Å². The van der Waals surface area contributed by atoms with Gasteiger partial charge in [-0.3, -0.25) is 0 Å². The molecule has 0 fully saturated rings. The molecule has 16 heavy (non-hydrogen) atoms. The molecule has 1 atom stereocenters. The predicted molar refractivity (Wildman–Crippen MR) is 63.4 cm³/mol. The Kier molecular flexibility index (Phi) is 2.92. The van der Waals surface area contributed by atoms with Crippen molar-refractivity contribution < 1.29 is 4.39 Å². The summed E-state index contributed by atoms with van der Waals surface area (Å²) in [5, 5.41) is 7.93. The molecular formula is C11H11ClFN3. The Bertz CT molecular complexity index is 482. The van der Waals surface area contributed by atoms with Gasteiger partial charge in [-0.2, -0.15) is 5.10 Å². The van der Waals surface area contributed by atoms with E-state index in [4.69, 9.17) is 17.3 Å². The van der Waals surface area contributed by atoms with Crippen molar-refractivity contribution in [1.29, 1.82) is 0 Å². The minimum Gasteiger partial charge on any atom is -0.385 e. The van der Waals surface area contributed by atoms with Crippen molar-refractivity contribution in [3.05, 3.63) is 34.6 Å². The van der Waals surface area contributed by atoms with Gasteiger partial charge >= 0.3 is 0 Å². The highest BCUT2D eigenvalue weighted by molar-refractivity contribution is 6.30. The van der Waals surface area contributed by atoms with Gasteiger partial charge in [0.2, 0.25) is 0 Å². The molecular weight excluding hydrogens is 229 g/mol. The highest BCUT2D eigenvalue weighted by Crippen LogP contribution is 2.20. The summed E-state index contributed by atoms with van der Waals surface area (Å²) in [6.45, 7) is 1.96. The van der Waals surface area contributed by atoms with Gasteiger partial charge in [0, 0.05) is 17.9 Å². The van der Waals surface area contributed by atoms with Crippen LogP contribution < -0.4 is 5.73 Å². The summed E-state index contributed by atoms with van der Waals surface area (Å²) in [5.41, 5.74) is 7.05. The van der Waals surface area contributed by atoms with Gasteiger partial charge in [-0.1, -0.05) is 24.6 Å². The van der Waals surface area contributed by atoms with Crippen molar-refractivity contribution in [1.82, 2.24) is 0 Å². The summed E-state index contributed by atoms with van der Waals surface area (Å²) in [6.07, 6.45) is 0.663. The molecule has 0 aromatic heterocycles. The molecule has 3 nitrogen and oxygen atoms in total. The number of nitrogens with zero attached hydrogens (tertiary/aromatic N) is 2. The zero-order valence-electron chi connectivity index (χ0n) is 8.74. The Labute approximate surface area is 97.8 Å². The summed E-state index contributed by atoms with van der Waals surface area (Å²) in [5.74, 6) is 0.196. The van der Waals surface area contributed by atoms with Gasteiger partial charge in [0.25, 0.3) is 0 Å². The van der Waals surface area contributed by atoms with Crippen LogP contribution >= 0.6 is 11.6 Å². The molecule has 1 aromatic rings. The Morgan fingerprint density at radius 3 is 2.81 bits per heavy atom. The maximum absolute atomic E-state index is 13.3. The van der Waals surface area contributed by atoms with E-state index in [1.807, 2.05) is 6.92 Å². The first kappa shape index (κ1) is 11.1. The van der Waals surface area contributed by atoms with E-state index < -0.39 is 5.82 Å². The number of hydrogen-bond acceptors (Lipinski definition) is 3. The first-order valence-corrected chi connectivity index (χ1v) is 5.31. The van der Waals surface area contributed by atoms with Gasteiger partial charge in [0.15, 0.2) is 0 Å². The lowest BCUT2D eigenvalue weighted by molar-refractivity contribution is 0.627. The molecule has 0 spiro atoms. The lowest BCUT2D eigenvalue weighted by atomic mass is 9.97. The van der Waals surface area contributed by atoms with E-state index in [0.29, 0.717) is 17.8 Å². The molecule has 2 N–H and O–H groups in total. The monoisotopic (exact) mass is 239 g/mol. The van der Waals surface area contributed by atoms with Crippen LogP contribution in [0, 0.1) is 11.7 Å². The third kappa shape index (κ3) is 2.07. The van der Waals surface area contributed by atoms with Crippen molar-refractivity contribution >= 4 is 23.1 Å². The fraction of sp³-hybridized carbons (Fsp3) is 0.273. The Hall–Kier alpha value is -1.42. The average Bonchev–Trinajstić information content (AvgIpc) is 2.26. The van der Waals surface area contributed by atoms with Crippen molar-refractivity contribution in [2.24, 2.45) is 21.9 Å². The Morgan fingerprint density at radius 2 is 2.19 bits per heavy atom. The standard InChI is InChI=1S/C11H11ClFN3/c1-6-4-10(15-16-11(6)14)7-2-3-8(12)9(13)5-7/h2-3,5-6H,4H2,1H3,(H2,14,16). The van der Waals surface area contributed by atoms with Crippen LogP contribution in [-0.4, -0.2) is 11.5 Å². The SMILES string of the molecule is CC1CC(c2ccc(Cl)c(F)c2)=NN=C1N. The number of benzene rings is 1. The first-order valence-electron chi connectivity index (χ1n) is 4.93. The molecule has 0 bridgehead atoms. The number of hydrogen-bond donors (Lipinski definition) is 1. The van der Waals surface area contributed by atoms with Crippen LogP contribution in [0.1, 0.15) is 18.9 Å². The van der Waals surface area contributed by atoms with Crippen molar-refractivity contribution in [2.75, 3.05) is 0 Å². The first-order chi connectivity index (χ1) is 7.58. The second kappa shape index (κ2) is 4.22. The molecule has 5 heteroatoms. The molecule has 1 unspecified atom stereocenters. The molecule has 0 saturated heterocycles. The number of amidine groups is 1. The zero-order chi connectivity index (χ0) is 11.7. The fourth-order valence-corrected chi connectivity index (χ4v) is 1.62. The molecule has 84 valence electrons. The molecule has 1 aliphatic rings. The quantitative estimate of drug-likeness (QED) is 0.805. The Morgan fingerprint density at radius 1 is 1.44 bits per heavy atom. The predicted octanol–water partition coefficient (Wildman–Crippen LogP) is 2.58. The van der Waals surface area contributed by atoms with Crippen LogP contribution in [0.4, 0.5) is 4.39 Å². The minimum atomic E-state index is -0.447. The van der Waals surface area contributed by atoms with E-state index in [0.717, 1.165) is 5.71 Å². The molecule has 2 rings (SSSR count). The lowest BCUT2D eigenvalue weighted by Gasteiger charge is -2.16. The number of rotatable bonds is 1. The van der Waals surface area contributed by atoms with Crippen LogP contribution in [0.2, 0.25) is 5.02 Å². The van der Waals surface area contributed by atoms with Crippen molar-refractivity contribution in [2.45, 2.75) is 13.3 Å². The minimum absolute atomic E-state index is 0.108. The van der Waals surface area contributed by atoms with E-state index in [1.54, 1.807) is 6.07 Å². The van der Waals surface area contributed by atoms with Crippen molar-refractivity contribution in [3.63, 3.8) is 0 Å². The summed E-state index contributed by atoms with van der Waals surface area (Å²) >= 11 is 5.61. The summed E-state index contributed by atoms with van der Waals surface area (Å²) < 4.78 is 13.3. The Balaban J connectivity index is 2.35. The van der Waals surface area contributed by atoms with E-state index in [2.05, 4.69) is 10.2 Å². The lowest BCUT2D eigenvalue weighted by Crippen LogP contribution is -2.26. The summed E-state index contributed by atoms with van der Waals surface area (Å²) in [7, 11) is 0. The number of nitrogens with two attached hydrogens (primary N) is 1. The second-order valence-corrected chi connectivity index (χ2v) is 4.21. The summed E-state index contributed by atoms with van der Waals surface area (Å²) in [4.78, 5) is 0. The largest absolute Gasteiger partial charge is 0.385 e. The third-order valence-electron chi connectivity index (χ3n) is 2.54. The number of halogens is 2. The fourth-order valence-electron chi connectivity index (χ4n) is 1.50. The van der Waals surface area contributed by atoms with Crippen LogP contribution in [0.5, 0.6) is 0 Å². The van der Waals surface area contributed by atoms with Gasteiger partial charge in [-0.15, -0.1) is 5.10 Å². The third-order valence-corrected chi connectivity index (χ3v) is 2.85. The molecule has 1 heterocycles. The van der Waals surface area contributed by atoms with Crippen LogP contribution in [0.25, 0.3) is 0 Å². The normalized spacial score (nSPS) is 20.3. The van der Waals surface area contributed by atoms with Crippen LogP contribution in [0.3, 0.4) is 0 Å². The zero-order valence-corrected chi connectivity index (χ0v) is 9.50. The maximum atomic E-state index is 13.3. The van der Waals surface area contributed by atoms with E-state index in [1.165, 1.54) is 12.1 Å². The van der Waals surface area contributed by atoms with E-state index in [-0.39, 0.29) is 10.9 Å². The van der Waals surface area contributed by atoms with Gasteiger partial charge < -0.3 is 5.73 Å². The van der Waals surface area contributed by atoms with Crippen LogP contribution in [-0.2, 0) is 0 Å². The van der Waals surface area contributed by atoms with E-state index >= 15 is 0 Å². The van der Waals surface area contributed by atoms with E-state index in [9.17, 15) is 4.39 Å². The van der Waals surface area contributed by atoms with Gasteiger partial charge in [-0.05, 0) is 12.1 Å². The second-order valence-electron chi connectivity index (χ2n) is 3.81. The topological polar surface area (TPSA) is 50.7 Å². The molecule has 0 aliphatic carbocycles. The highest BCUT2D eigenvalue weighted by atomic mass is 35.5. The smallest absolute Gasteiger partial charge is 0.142 e. The highest BCUT2D eigenvalue weighted by Gasteiger charge is 2.17. The van der Waals surface area contributed by atoms with Gasteiger partial charge in [0.1, 0.15) is 11.7 Å².